The summed E-state index contributed by atoms with van der Waals surface area (Å²) in [5, 5.41) is 17.2. The van der Waals surface area contributed by atoms with Gasteiger partial charge in [-0.05, 0) is 57.2 Å². The molecule has 0 aliphatic rings. The molecular formula is C22H25N3O3S. The van der Waals surface area contributed by atoms with Gasteiger partial charge >= 0.3 is 0 Å². The fraction of sp³-hybridized carbons (Fsp3) is 0.273. The summed E-state index contributed by atoms with van der Waals surface area (Å²) in [6.07, 6.45) is 0. The number of hydrogen-bond acceptors (Lipinski definition) is 6. The summed E-state index contributed by atoms with van der Waals surface area (Å²) in [5.41, 5.74) is 3.23. The Bertz CT molecular complexity index is 1080. The van der Waals surface area contributed by atoms with Gasteiger partial charge in [0.25, 0.3) is 0 Å². The van der Waals surface area contributed by atoms with Crippen LogP contribution in [0.1, 0.15) is 26.3 Å². The highest BCUT2D eigenvalue weighted by molar-refractivity contribution is 7.07. The van der Waals surface area contributed by atoms with E-state index in [1.54, 1.807) is 32.4 Å². The average Bonchev–Trinajstić information content (AvgIpc) is 3.09. The van der Waals surface area contributed by atoms with Crippen molar-refractivity contribution >= 4 is 17.0 Å². The van der Waals surface area contributed by atoms with Crippen molar-refractivity contribution < 1.29 is 14.6 Å². The van der Waals surface area contributed by atoms with Crippen molar-refractivity contribution in [1.82, 2.24) is 4.68 Å². The molecule has 0 aliphatic carbocycles. The molecule has 0 fully saturated rings. The van der Waals surface area contributed by atoms with Gasteiger partial charge in [0.1, 0.15) is 17.2 Å². The van der Waals surface area contributed by atoms with Crippen molar-refractivity contribution in [1.29, 1.82) is 0 Å². The van der Waals surface area contributed by atoms with E-state index in [0.29, 0.717) is 17.0 Å². The number of thiazole rings is 1. The molecule has 3 rings (SSSR count). The second-order valence-electron chi connectivity index (χ2n) is 6.74. The third kappa shape index (κ3) is 4.68. The maximum Gasteiger partial charge on any atom is 0.206 e. The van der Waals surface area contributed by atoms with Crippen LogP contribution in [0.2, 0.25) is 0 Å². The zero-order valence-corrected chi connectivity index (χ0v) is 18.0. The third-order valence-electron chi connectivity index (χ3n) is 4.28. The summed E-state index contributed by atoms with van der Waals surface area (Å²) in [4.78, 5) is 5.49. The summed E-state index contributed by atoms with van der Waals surface area (Å²) >= 11 is 1.53. The van der Waals surface area contributed by atoms with Crippen molar-refractivity contribution in [2.24, 2.45) is 10.1 Å². The molecule has 0 aliphatic heterocycles. The van der Waals surface area contributed by atoms with Crippen LogP contribution in [0.5, 0.6) is 17.2 Å². The molecular weight excluding hydrogens is 386 g/mol. The van der Waals surface area contributed by atoms with Gasteiger partial charge in [0.15, 0.2) is 0 Å². The van der Waals surface area contributed by atoms with Crippen molar-refractivity contribution in [3.63, 3.8) is 0 Å². The van der Waals surface area contributed by atoms with E-state index >= 15 is 0 Å². The molecule has 0 saturated carbocycles. The Kier molecular flexibility index (Phi) is 6.39. The quantitative estimate of drug-likeness (QED) is 0.607. The molecule has 6 nitrogen and oxygen atoms in total. The van der Waals surface area contributed by atoms with Gasteiger partial charge < -0.3 is 14.6 Å². The summed E-state index contributed by atoms with van der Waals surface area (Å²) in [5.74, 6) is 1.51. The second-order valence-corrected chi connectivity index (χ2v) is 7.57. The number of phenols is 1. The molecule has 0 spiro atoms. The molecule has 0 radical (unpaired) electrons. The van der Waals surface area contributed by atoms with Gasteiger partial charge in [0.2, 0.25) is 4.80 Å². The second kappa shape index (κ2) is 8.96. The Hall–Kier alpha value is -3.06. The fourth-order valence-electron chi connectivity index (χ4n) is 2.81. The number of rotatable bonds is 6. The number of methoxy groups -OCH3 is 2. The summed E-state index contributed by atoms with van der Waals surface area (Å²) in [7, 11) is 3.21. The summed E-state index contributed by atoms with van der Waals surface area (Å²) in [6.45, 7) is 5.93. The van der Waals surface area contributed by atoms with Gasteiger partial charge in [0, 0.05) is 28.6 Å². The lowest BCUT2D eigenvalue weighted by molar-refractivity contribution is 0.407. The standard InChI is InChI=1S/C22H25N3O3S/c1-14(2)23-22-25(20(13-29-22)16-6-8-17(27-4)9-7-16)24-15(3)19-11-10-18(28-5)12-21(19)26/h6-14,26H,1-5H3. The molecule has 2 aromatic carbocycles. The van der Waals surface area contributed by atoms with Crippen LogP contribution >= 0.6 is 11.3 Å². The normalized spacial score (nSPS) is 12.5. The van der Waals surface area contributed by atoms with Crippen LogP contribution in [0.25, 0.3) is 11.3 Å². The number of hydrogen-bond donors (Lipinski definition) is 1. The lowest BCUT2D eigenvalue weighted by Gasteiger charge is -2.09. The SMILES string of the molecule is COc1ccc(-c2csc(=NC(C)C)n2N=C(C)c2ccc(OC)cc2O)cc1. The largest absolute Gasteiger partial charge is 0.507 e. The topological polar surface area (TPSA) is 68.3 Å². The van der Waals surface area contributed by atoms with Gasteiger partial charge in [0.05, 0.1) is 25.6 Å². The van der Waals surface area contributed by atoms with E-state index in [2.05, 4.69) is 0 Å². The monoisotopic (exact) mass is 411 g/mol. The Morgan fingerprint density at radius 3 is 2.28 bits per heavy atom. The van der Waals surface area contributed by atoms with Gasteiger partial charge in [-0.15, -0.1) is 11.3 Å². The number of aromatic hydroxyl groups is 1. The molecule has 3 aromatic rings. The zero-order chi connectivity index (χ0) is 21.0. The maximum absolute atomic E-state index is 10.4. The van der Waals surface area contributed by atoms with Gasteiger partial charge in [-0.1, -0.05) is 0 Å². The molecule has 7 heteroatoms. The van der Waals surface area contributed by atoms with Crippen molar-refractivity contribution in [2.45, 2.75) is 26.8 Å². The van der Waals surface area contributed by atoms with Gasteiger partial charge in [-0.3, -0.25) is 4.99 Å². The Morgan fingerprint density at radius 1 is 1.03 bits per heavy atom. The Balaban J connectivity index is 2.13. The molecule has 152 valence electrons. The molecule has 0 bridgehead atoms. The van der Waals surface area contributed by atoms with E-state index in [9.17, 15) is 5.11 Å². The third-order valence-corrected chi connectivity index (χ3v) is 5.11. The number of benzene rings is 2. The maximum atomic E-state index is 10.4. The first kappa shape index (κ1) is 20.7. The minimum absolute atomic E-state index is 0.120. The first-order valence-corrected chi connectivity index (χ1v) is 10.1. The molecule has 1 N–H and O–H groups in total. The molecule has 0 unspecified atom stereocenters. The molecule has 1 heterocycles. The van der Waals surface area contributed by atoms with E-state index in [1.807, 2.05) is 55.1 Å². The van der Waals surface area contributed by atoms with E-state index in [0.717, 1.165) is 21.8 Å². The summed E-state index contributed by atoms with van der Waals surface area (Å²) < 4.78 is 12.2. The molecule has 29 heavy (non-hydrogen) atoms. The molecule has 0 amide bonds. The van der Waals surface area contributed by atoms with Gasteiger partial charge in [-0.2, -0.15) is 5.10 Å². The van der Waals surface area contributed by atoms with Crippen molar-refractivity contribution in [3.05, 3.63) is 58.2 Å². The van der Waals surface area contributed by atoms with E-state index in [1.165, 1.54) is 11.3 Å². The van der Waals surface area contributed by atoms with Crippen LogP contribution in [0.15, 0.2) is 57.9 Å². The molecule has 0 atom stereocenters. The molecule has 1 aromatic heterocycles. The number of phenolic OH excluding ortho intramolecular Hbond substituents is 1. The predicted molar refractivity (Wildman–Crippen MR) is 117 cm³/mol. The van der Waals surface area contributed by atoms with Crippen molar-refractivity contribution in [3.8, 4) is 28.5 Å². The van der Waals surface area contributed by atoms with Gasteiger partial charge in [-0.25, -0.2) is 4.68 Å². The fourth-order valence-corrected chi connectivity index (χ4v) is 3.78. The van der Waals surface area contributed by atoms with Crippen LogP contribution in [0.4, 0.5) is 0 Å². The van der Waals surface area contributed by atoms with E-state index in [-0.39, 0.29) is 11.8 Å². The average molecular weight is 412 g/mol. The lowest BCUT2D eigenvalue weighted by atomic mass is 10.1. The van der Waals surface area contributed by atoms with E-state index in [4.69, 9.17) is 19.6 Å². The van der Waals surface area contributed by atoms with Crippen LogP contribution in [0.3, 0.4) is 0 Å². The minimum Gasteiger partial charge on any atom is -0.507 e. The first-order valence-electron chi connectivity index (χ1n) is 9.24. The first-order chi connectivity index (χ1) is 13.9. The smallest absolute Gasteiger partial charge is 0.206 e. The van der Waals surface area contributed by atoms with Crippen LogP contribution in [-0.4, -0.2) is 35.8 Å². The highest BCUT2D eigenvalue weighted by Gasteiger charge is 2.12. The number of ether oxygens (including phenoxy) is 2. The predicted octanol–water partition coefficient (Wildman–Crippen LogP) is 4.52. The minimum atomic E-state index is 0.120. The van der Waals surface area contributed by atoms with Crippen LogP contribution in [-0.2, 0) is 0 Å². The van der Waals surface area contributed by atoms with Crippen LogP contribution < -0.4 is 14.3 Å². The zero-order valence-electron chi connectivity index (χ0n) is 17.2. The lowest BCUT2D eigenvalue weighted by Crippen LogP contribution is -2.16. The number of aromatic nitrogens is 1. The molecule has 0 saturated heterocycles. The van der Waals surface area contributed by atoms with Crippen molar-refractivity contribution in [2.75, 3.05) is 14.2 Å². The number of nitrogens with zero attached hydrogens (tertiary/aromatic N) is 3. The highest BCUT2D eigenvalue weighted by atomic mass is 32.1. The summed E-state index contributed by atoms with van der Waals surface area (Å²) in [6, 6.07) is 13.1. The van der Waals surface area contributed by atoms with E-state index < -0.39 is 0 Å². The highest BCUT2D eigenvalue weighted by Crippen LogP contribution is 2.26. The Morgan fingerprint density at radius 2 is 1.69 bits per heavy atom. The Labute approximate surface area is 174 Å². The van der Waals surface area contributed by atoms with Crippen LogP contribution in [0, 0.1) is 0 Å².